The van der Waals surface area contributed by atoms with Crippen LogP contribution in [-0.2, 0) is 34.2 Å². The molecule has 2 heterocycles. The van der Waals surface area contributed by atoms with Crippen molar-refractivity contribution < 1.29 is 90.7 Å². The molecule has 0 radical (unpaired) electrons. The monoisotopic (exact) mass is 1050 g/mol. The van der Waals surface area contributed by atoms with Gasteiger partial charge in [-0.3, -0.25) is 0 Å². The zero-order valence-corrected chi connectivity index (χ0v) is 40.7. The van der Waals surface area contributed by atoms with Gasteiger partial charge in [0.05, 0.1) is 61.9 Å². The Bertz CT molecular complexity index is 2240. The highest BCUT2D eigenvalue weighted by Crippen LogP contribution is 2.59. The van der Waals surface area contributed by atoms with Crippen LogP contribution < -0.4 is 18.9 Å². The number of ether oxygens (including phenoxy) is 6. The molecule has 2 atom stereocenters. The third kappa shape index (κ3) is 12.9. The van der Waals surface area contributed by atoms with Crippen LogP contribution in [0.5, 0.6) is 23.0 Å². The maximum atomic E-state index is 14.7. The first kappa shape index (κ1) is 56.0. The highest BCUT2D eigenvalue weighted by molar-refractivity contribution is 5.95. The second-order valence-electron chi connectivity index (χ2n) is 20.0. The average Bonchev–Trinajstić information content (AvgIpc) is 3.92. The Labute approximate surface area is 415 Å². The summed E-state index contributed by atoms with van der Waals surface area (Å²) < 4.78 is 208. The van der Waals surface area contributed by atoms with E-state index in [2.05, 4.69) is 13.8 Å². The maximum absolute atomic E-state index is 14.7. The standard InChI is InChI=1S/C53H60F12O8/c1-3-48(28-68-29-48)23-11-7-5-9-13-25-70-38-19-17-34(42(50(54,55)56)44(38)52(60,61)62)46(66)72-36-21-22-37(41-33-16-15-32(27-33)40(36)41)73-47(67)35-18-20-39(45(53(63,64)65)43(35)51(57,58)59)71-26-14-10-6-8-12-24-49(4-2)30-69-31-49/h17-22,32-33H,3-16,23-31H2,1-2H3. The van der Waals surface area contributed by atoms with Crippen molar-refractivity contribution in [3.05, 3.63) is 80.9 Å². The van der Waals surface area contributed by atoms with Crippen molar-refractivity contribution in [1.29, 1.82) is 0 Å². The summed E-state index contributed by atoms with van der Waals surface area (Å²) in [5.41, 5.74) is -11.5. The molecule has 4 aliphatic rings. The minimum atomic E-state index is -5.74. The average molecular weight is 1050 g/mol. The molecule has 3 fully saturated rings. The van der Waals surface area contributed by atoms with E-state index < -0.39 is 105 Å². The van der Waals surface area contributed by atoms with Gasteiger partial charge in [-0.2, -0.15) is 52.7 Å². The number of alkyl halides is 12. The van der Waals surface area contributed by atoms with Crippen LogP contribution in [-0.4, -0.2) is 51.6 Å². The highest BCUT2D eigenvalue weighted by Gasteiger charge is 2.51. The summed E-state index contributed by atoms with van der Waals surface area (Å²) in [5.74, 6) is -7.73. The van der Waals surface area contributed by atoms with Gasteiger partial charge in [-0.1, -0.05) is 65.2 Å². The fourth-order valence-electron chi connectivity index (χ4n) is 10.8. The van der Waals surface area contributed by atoms with E-state index in [1.807, 2.05) is 0 Å². The summed E-state index contributed by atoms with van der Waals surface area (Å²) >= 11 is 0. The molecule has 8 nitrogen and oxygen atoms in total. The van der Waals surface area contributed by atoms with Crippen LogP contribution in [0.2, 0.25) is 0 Å². The van der Waals surface area contributed by atoms with Gasteiger partial charge in [0.2, 0.25) is 0 Å². The second-order valence-corrected chi connectivity index (χ2v) is 20.0. The van der Waals surface area contributed by atoms with Crippen molar-refractivity contribution in [1.82, 2.24) is 0 Å². The molecule has 2 aliphatic heterocycles. The molecule has 73 heavy (non-hydrogen) atoms. The first-order chi connectivity index (χ1) is 34.4. The van der Waals surface area contributed by atoms with Crippen LogP contribution in [0.25, 0.3) is 0 Å². The van der Waals surface area contributed by atoms with Gasteiger partial charge in [0.25, 0.3) is 0 Å². The lowest BCUT2D eigenvalue weighted by atomic mass is 9.78. The Kier molecular flexibility index (Phi) is 17.4. The SMILES string of the molecule is CCC1(CCCCCCCOc2ccc(C(=O)Oc3ccc(OC(=O)c4ccc(OCCCCCCCC5(CC)COC5)c(C(F)(F)F)c4C(F)(F)F)c4c3C3CCC4C3)c(C(F)(F)F)c2C(F)(F)F)COC1. The predicted molar refractivity (Wildman–Crippen MR) is 242 cm³/mol. The normalized spacial score (nSPS) is 19.0. The summed E-state index contributed by atoms with van der Waals surface area (Å²) in [5, 5.41) is 0. The van der Waals surface area contributed by atoms with Gasteiger partial charge >= 0.3 is 36.6 Å². The maximum Gasteiger partial charge on any atom is 0.420 e. The summed E-state index contributed by atoms with van der Waals surface area (Å²) in [4.78, 5) is 27.3. The largest absolute Gasteiger partial charge is 0.493 e. The van der Waals surface area contributed by atoms with Crippen molar-refractivity contribution in [3.63, 3.8) is 0 Å². The zero-order chi connectivity index (χ0) is 53.0. The summed E-state index contributed by atoms with van der Waals surface area (Å²) in [7, 11) is 0. The Hall–Kier alpha value is -4.72. The first-order valence-electron chi connectivity index (χ1n) is 25.1. The number of rotatable bonds is 24. The fraction of sp³-hybridized carbons (Fsp3) is 0.623. The van der Waals surface area contributed by atoms with E-state index in [4.69, 9.17) is 28.4 Å². The summed E-state index contributed by atoms with van der Waals surface area (Å²) in [6.45, 7) is 6.34. The van der Waals surface area contributed by atoms with E-state index in [-0.39, 0.29) is 48.0 Å². The molecule has 2 aliphatic carbocycles. The Morgan fingerprint density at radius 1 is 0.479 bits per heavy atom. The zero-order valence-electron chi connectivity index (χ0n) is 40.7. The molecule has 2 unspecified atom stereocenters. The van der Waals surface area contributed by atoms with Gasteiger partial charge in [-0.15, -0.1) is 0 Å². The van der Waals surface area contributed by atoms with Gasteiger partial charge < -0.3 is 28.4 Å². The van der Waals surface area contributed by atoms with Crippen LogP contribution in [0.1, 0.15) is 189 Å². The fourth-order valence-corrected chi connectivity index (χ4v) is 10.8. The molecule has 2 saturated heterocycles. The number of halogens is 12. The van der Waals surface area contributed by atoms with Crippen molar-refractivity contribution >= 4 is 11.9 Å². The smallest absolute Gasteiger partial charge is 0.420 e. The van der Waals surface area contributed by atoms with E-state index in [1.54, 1.807) is 0 Å². The Morgan fingerprint density at radius 2 is 0.808 bits per heavy atom. The van der Waals surface area contributed by atoms with Crippen molar-refractivity contribution in [2.24, 2.45) is 10.8 Å². The highest BCUT2D eigenvalue weighted by atomic mass is 19.4. The molecule has 0 N–H and O–H groups in total. The minimum Gasteiger partial charge on any atom is -0.493 e. The summed E-state index contributed by atoms with van der Waals surface area (Å²) in [6, 6.07) is 4.17. The molecule has 0 amide bonds. The molecule has 0 spiro atoms. The molecule has 3 aromatic rings. The number of esters is 2. The molecule has 404 valence electrons. The molecule has 7 rings (SSSR count). The lowest BCUT2D eigenvalue weighted by Gasteiger charge is -2.41. The molecule has 0 aromatic heterocycles. The quantitative estimate of drug-likeness (QED) is 0.0379. The predicted octanol–water partition coefficient (Wildman–Crippen LogP) is 15.9. The van der Waals surface area contributed by atoms with Crippen LogP contribution >= 0.6 is 0 Å². The number of unbranched alkanes of at least 4 members (excludes halogenated alkanes) is 8. The number of carbonyl (C=O) groups excluding carboxylic acids is 2. The van der Waals surface area contributed by atoms with E-state index >= 15 is 0 Å². The van der Waals surface area contributed by atoms with E-state index in [0.717, 1.165) is 76.3 Å². The second kappa shape index (κ2) is 22.6. The van der Waals surface area contributed by atoms with Crippen molar-refractivity contribution in [3.8, 4) is 23.0 Å². The third-order valence-electron chi connectivity index (χ3n) is 15.1. The number of hydrogen-bond donors (Lipinski definition) is 0. The van der Waals surface area contributed by atoms with Gasteiger partial charge in [-0.05, 0) is 106 Å². The van der Waals surface area contributed by atoms with Crippen LogP contribution in [0.3, 0.4) is 0 Å². The lowest BCUT2D eigenvalue weighted by molar-refractivity contribution is -0.163. The van der Waals surface area contributed by atoms with Crippen molar-refractivity contribution in [2.75, 3.05) is 39.6 Å². The molecular weight excluding hydrogens is 993 g/mol. The van der Waals surface area contributed by atoms with Gasteiger partial charge in [0.1, 0.15) is 34.1 Å². The van der Waals surface area contributed by atoms with Crippen molar-refractivity contribution in [2.45, 2.75) is 160 Å². The molecule has 3 aromatic carbocycles. The first-order valence-corrected chi connectivity index (χ1v) is 25.1. The Balaban J connectivity index is 1.06. The Morgan fingerprint density at radius 3 is 1.12 bits per heavy atom. The van der Waals surface area contributed by atoms with Gasteiger partial charge in [0, 0.05) is 22.0 Å². The van der Waals surface area contributed by atoms with Crippen LogP contribution in [0.15, 0.2) is 36.4 Å². The molecule has 20 heteroatoms. The van der Waals surface area contributed by atoms with Gasteiger partial charge in [0.15, 0.2) is 0 Å². The van der Waals surface area contributed by atoms with E-state index in [0.29, 0.717) is 82.8 Å². The minimum absolute atomic E-state index is 0.106. The number of benzene rings is 3. The number of carbonyl (C=O) groups is 2. The molecule has 2 bridgehead atoms. The van der Waals surface area contributed by atoms with Crippen LogP contribution in [0, 0.1) is 10.8 Å². The number of hydrogen-bond acceptors (Lipinski definition) is 8. The third-order valence-corrected chi connectivity index (χ3v) is 15.1. The molecular formula is C53H60F12O8. The number of fused-ring (bicyclic) bond motifs is 5. The summed E-state index contributed by atoms with van der Waals surface area (Å²) in [6.07, 6.45) is -11.1. The van der Waals surface area contributed by atoms with E-state index in [1.165, 1.54) is 0 Å². The molecule has 1 saturated carbocycles. The van der Waals surface area contributed by atoms with Gasteiger partial charge in [-0.25, -0.2) is 9.59 Å². The lowest BCUT2D eigenvalue weighted by Crippen LogP contribution is -2.41. The van der Waals surface area contributed by atoms with Crippen LogP contribution in [0.4, 0.5) is 52.7 Å². The topological polar surface area (TPSA) is 89.5 Å². The van der Waals surface area contributed by atoms with E-state index in [9.17, 15) is 62.3 Å².